The zero-order chi connectivity index (χ0) is 15.5. The van der Waals surface area contributed by atoms with Crippen molar-refractivity contribution in [1.82, 2.24) is 14.5 Å². The first-order chi connectivity index (χ1) is 10.6. The molecule has 1 aromatic carbocycles. The molecule has 0 spiro atoms. The molecule has 1 N–H and O–H groups in total. The van der Waals surface area contributed by atoms with Crippen molar-refractivity contribution < 1.29 is 9.90 Å². The second kappa shape index (κ2) is 6.22. The molecule has 0 aliphatic carbocycles. The van der Waals surface area contributed by atoms with Gasteiger partial charge in [0.25, 0.3) is 0 Å². The van der Waals surface area contributed by atoms with Crippen molar-refractivity contribution in [3.05, 3.63) is 36.2 Å². The van der Waals surface area contributed by atoms with Gasteiger partial charge in [0.2, 0.25) is 5.91 Å². The molecular formula is C17H21N3O2. The van der Waals surface area contributed by atoms with E-state index in [0.29, 0.717) is 6.54 Å². The van der Waals surface area contributed by atoms with Crippen molar-refractivity contribution in [3.63, 3.8) is 0 Å². The molecule has 0 unspecified atom stereocenters. The van der Waals surface area contributed by atoms with Gasteiger partial charge in [0.05, 0.1) is 5.69 Å². The number of hydrogen-bond acceptors (Lipinski definition) is 3. The van der Waals surface area contributed by atoms with Gasteiger partial charge in [-0.2, -0.15) is 0 Å². The number of aryl methyl sites for hydroxylation is 1. The Morgan fingerprint density at radius 2 is 2.05 bits per heavy atom. The number of phenols is 1. The fourth-order valence-corrected chi connectivity index (χ4v) is 2.93. The van der Waals surface area contributed by atoms with Gasteiger partial charge in [-0.1, -0.05) is 12.1 Å². The summed E-state index contributed by atoms with van der Waals surface area (Å²) in [6.45, 7) is 3.92. The van der Waals surface area contributed by atoms with Crippen LogP contribution in [-0.4, -0.2) is 38.6 Å². The highest BCUT2D eigenvalue weighted by Crippen LogP contribution is 2.23. The van der Waals surface area contributed by atoms with Crippen LogP contribution in [0.3, 0.4) is 0 Å². The maximum Gasteiger partial charge on any atom is 0.242 e. The van der Waals surface area contributed by atoms with Crippen LogP contribution in [0, 0.1) is 6.92 Å². The highest BCUT2D eigenvalue weighted by molar-refractivity contribution is 5.77. The summed E-state index contributed by atoms with van der Waals surface area (Å²) in [7, 11) is 0. The van der Waals surface area contributed by atoms with Crippen molar-refractivity contribution in [1.29, 1.82) is 0 Å². The summed E-state index contributed by atoms with van der Waals surface area (Å²) in [6.07, 6.45) is 5.28. The Morgan fingerprint density at radius 3 is 2.77 bits per heavy atom. The van der Waals surface area contributed by atoms with E-state index >= 15 is 0 Å². The topological polar surface area (TPSA) is 58.4 Å². The maximum atomic E-state index is 12.5. The number of imidazole rings is 1. The Hall–Kier alpha value is -2.30. The molecule has 0 atom stereocenters. The standard InChI is InChI=1S/C17H21N3O2/c1-13-11-20(12-16(22)19-8-3-2-4-9-19)17(18-13)14-6-5-7-15(21)10-14/h5-7,10-11,21H,2-4,8-9,12H2,1H3. The number of carbonyl (C=O) groups is 1. The zero-order valence-corrected chi connectivity index (χ0v) is 12.8. The highest BCUT2D eigenvalue weighted by Gasteiger charge is 2.18. The summed E-state index contributed by atoms with van der Waals surface area (Å²) < 4.78 is 1.88. The predicted octanol–water partition coefficient (Wildman–Crippen LogP) is 2.58. The number of aromatic nitrogens is 2. The van der Waals surface area contributed by atoms with Gasteiger partial charge in [0.1, 0.15) is 18.1 Å². The van der Waals surface area contributed by atoms with Gasteiger partial charge in [-0.05, 0) is 38.3 Å². The number of piperidine rings is 1. The average molecular weight is 299 g/mol. The number of amides is 1. The molecule has 0 saturated carbocycles. The number of likely N-dealkylation sites (tertiary alicyclic amines) is 1. The lowest BCUT2D eigenvalue weighted by Crippen LogP contribution is -2.37. The Labute approximate surface area is 130 Å². The molecule has 116 valence electrons. The van der Waals surface area contributed by atoms with Crippen molar-refractivity contribution in [2.75, 3.05) is 13.1 Å². The van der Waals surface area contributed by atoms with E-state index in [4.69, 9.17) is 0 Å². The van der Waals surface area contributed by atoms with Gasteiger partial charge < -0.3 is 14.6 Å². The Morgan fingerprint density at radius 1 is 1.27 bits per heavy atom. The summed E-state index contributed by atoms with van der Waals surface area (Å²) in [5.41, 5.74) is 1.68. The molecule has 1 fully saturated rings. The van der Waals surface area contributed by atoms with E-state index in [-0.39, 0.29) is 11.7 Å². The molecular weight excluding hydrogens is 278 g/mol. The minimum atomic E-state index is 0.138. The Kier molecular flexibility index (Phi) is 4.13. The van der Waals surface area contributed by atoms with Gasteiger partial charge in [0.15, 0.2) is 0 Å². The minimum absolute atomic E-state index is 0.138. The molecule has 1 saturated heterocycles. The minimum Gasteiger partial charge on any atom is -0.508 e. The largest absolute Gasteiger partial charge is 0.508 e. The summed E-state index contributed by atoms with van der Waals surface area (Å²) in [4.78, 5) is 18.9. The normalized spacial score (nSPS) is 15.0. The highest BCUT2D eigenvalue weighted by atomic mass is 16.3. The molecule has 0 radical (unpaired) electrons. The Bertz CT molecular complexity index is 672. The van der Waals surface area contributed by atoms with Crippen molar-refractivity contribution >= 4 is 5.91 Å². The van der Waals surface area contributed by atoms with E-state index in [2.05, 4.69) is 4.98 Å². The van der Waals surface area contributed by atoms with E-state index in [9.17, 15) is 9.90 Å². The van der Waals surface area contributed by atoms with Crippen LogP contribution in [0.5, 0.6) is 5.75 Å². The van der Waals surface area contributed by atoms with E-state index in [1.54, 1.807) is 18.2 Å². The molecule has 2 heterocycles. The van der Waals surface area contributed by atoms with Crippen LogP contribution >= 0.6 is 0 Å². The maximum absolute atomic E-state index is 12.5. The number of aromatic hydroxyl groups is 1. The summed E-state index contributed by atoms with van der Waals surface area (Å²) in [6, 6.07) is 6.97. The van der Waals surface area contributed by atoms with Gasteiger partial charge >= 0.3 is 0 Å². The van der Waals surface area contributed by atoms with Crippen LogP contribution in [-0.2, 0) is 11.3 Å². The summed E-state index contributed by atoms with van der Waals surface area (Å²) in [5, 5.41) is 9.65. The third-order valence-corrected chi connectivity index (χ3v) is 4.02. The smallest absolute Gasteiger partial charge is 0.242 e. The molecule has 5 nitrogen and oxygen atoms in total. The third kappa shape index (κ3) is 3.13. The fraction of sp³-hybridized carbons (Fsp3) is 0.412. The van der Waals surface area contributed by atoms with E-state index < -0.39 is 0 Å². The summed E-state index contributed by atoms with van der Waals surface area (Å²) in [5.74, 6) is 1.06. The van der Waals surface area contributed by atoms with Gasteiger partial charge in [-0.25, -0.2) is 4.98 Å². The molecule has 1 aliphatic heterocycles. The first-order valence-electron chi connectivity index (χ1n) is 7.74. The molecule has 1 amide bonds. The fourth-order valence-electron chi connectivity index (χ4n) is 2.93. The second-order valence-electron chi connectivity index (χ2n) is 5.83. The quantitative estimate of drug-likeness (QED) is 0.947. The summed E-state index contributed by atoms with van der Waals surface area (Å²) >= 11 is 0. The van der Waals surface area contributed by atoms with Crippen molar-refractivity contribution in [2.24, 2.45) is 0 Å². The molecule has 22 heavy (non-hydrogen) atoms. The van der Waals surface area contributed by atoms with Gasteiger partial charge in [0, 0.05) is 24.8 Å². The van der Waals surface area contributed by atoms with Gasteiger partial charge in [-0.15, -0.1) is 0 Å². The molecule has 2 aromatic rings. The molecule has 5 heteroatoms. The van der Waals surface area contributed by atoms with E-state index in [1.807, 2.05) is 28.7 Å². The molecule has 0 bridgehead atoms. The van der Waals surface area contributed by atoms with Crippen LogP contribution < -0.4 is 0 Å². The van der Waals surface area contributed by atoms with E-state index in [0.717, 1.165) is 43.0 Å². The Balaban J connectivity index is 1.83. The molecule has 1 aliphatic rings. The lowest BCUT2D eigenvalue weighted by molar-refractivity contribution is -0.132. The predicted molar refractivity (Wildman–Crippen MR) is 84.5 cm³/mol. The van der Waals surface area contributed by atoms with Crippen LogP contribution in [0.4, 0.5) is 0 Å². The molecule has 1 aromatic heterocycles. The lowest BCUT2D eigenvalue weighted by Gasteiger charge is -2.27. The SMILES string of the molecule is Cc1cn(CC(=O)N2CCCCC2)c(-c2cccc(O)c2)n1. The number of rotatable bonds is 3. The first kappa shape index (κ1) is 14.6. The van der Waals surface area contributed by atoms with Crippen LogP contribution in [0.1, 0.15) is 25.0 Å². The van der Waals surface area contributed by atoms with Crippen LogP contribution in [0.25, 0.3) is 11.4 Å². The first-order valence-corrected chi connectivity index (χ1v) is 7.74. The number of phenolic OH excluding ortho intramolecular Hbond substituents is 1. The van der Waals surface area contributed by atoms with Crippen molar-refractivity contribution in [3.8, 4) is 17.1 Å². The zero-order valence-electron chi connectivity index (χ0n) is 12.8. The van der Waals surface area contributed by atoms with Crippen molar-refractivity contribution in [2.45, 2.75) is 32.7 Å². The van der Waals surface area contributed by atoms with E-state index in [1.165, 1.54) is 6.42 Å². The lowest BCUT2D eigenvalue weighted by atomic mass is 10.1. The van der Waals surface area contributed by atoms with Gasteiger partial charge in [-0.3, -0.25) is 4.79 Å². The average Bonchev–Trinajstić information content (AvgIpc) is 2.89. The monoisotopic (exact) mass is 299 g/mol. The number of hydrogen-bond donors (Lipinski definition) is 1. The number of benzene rings is 1. The molecule has 3 rings (SSSR count). The van der Waals surface area contributed by atoms with Crippen LogP contribution in [0.2, 0.25) is 0 Å². The third-order valence-electron chi connectivity index (χ3n) is 4.02. The number of carbonyl (C=O) groups excluding carboxylic acids is 1. The second-order valence-corrected chi connectivity index (χ2v) is 5.83. The van der Waals surface area contributed by atoms with Crippen LogP contribution in [0.15, 0.2) is 30.5 Å². The number of nitrogens with zero attached hydrogens (tertiary/aromatic N) is 3.